The molecular weight excluding hydrogens is 98.1 g/mol. The van der Waals surface area contributed by atoms with Gasteiger partial charge in [0.05, 0.1) is 0 Å². The van der Waals surface area contributed by atoms with E-state index in [0.717, 1.165) is 13.1 Å². The fourth-order valence-corrected chi connectivity index (χ4v) is 0.698. The van der Waals surface area contributed by atoms with Crippen LogP contribution in [0.3, 0.4) is 0 Å². The summed E-state index contributed by atoms with van der Waals surface area (Å²) < 4.78 is 0. The molecule has 0 aromatic heterocycles. The topological polar surface area (TPSA) is 3.24 Å². The summed E-state index contributed by atoms with van der Waals surface area (Å²) in [5, 5.41) is 0. The van der Waals surface area contributed by atoms with E-state index in [4.69, 9.17) is 0 Å². The van der Waals surface area contributed by atoms with Crippen molar-refractivity contribution in [1.82, 2.24) is 4.90 Å². The summed E-state index contributed by atoms with van der Waals surface area (Å²) in [4.78, 5) is 2.25. The van der Waals surface area contributed by atoms with Crippen LogP contribution in [0, 0.1) is 12.8 Å². The van der Waals surface area contributed by atoms with Crippen LogP contribution in [0.2, 0.25) is 0 Å². The van der Waals surface area contributed by atoms with Crippen LogP contribution in [-0.4, -0.2) is 25.0 Å². The van der Waals surface area contributed by atoms with E-state index in [1.165, 1.54) is 0 Å². The summed E-state index contributed by atoms with van der Waals surface area (Å²) in [6.07, 6.45) is 4.31. The average molecular weight is 113 g/mol. The van der Waals surface area contributed by atoms with Gasteiger partial charge < -0.3 is 4.90 Å². The lowest BCUT2D eigenvalue weighted by molar-refractivity contribution is 0.389. The molecule has 0 N–H and O–H groups in total. The Morgan fingerprint density at radius 1 is 1.12 bits per heavy atom. The Kier molecular flexibility index (Phi) is 5.08. The van der Waals surface area contributed by atoms with Gasteiger partial charge in [-0.25, -0.2) is 0 Å². The largest absolute Gasteiger partial charge is 0.306 e. The molecule has 2 radical (unpaired) electrons. The Balaban J connectivity index is 2.92. The van der Waals surface area contributed by atoms with E-state index in [9.17, 15) is 0 Å². The van der Waals surface area contributed by atoms with E-state index < -0.39 is 0 Å². The number of rotatable bonds is 4. The maximum absolute atomic E-state index is 2.25. The summed E-state index contributed by atoms with van der Waals surface area (Å²) in [5.74, 6) is 0. The molecule has 1 nitrogen and oxygen atoms in total. The molecule has 8 heavy (non-hydrogen) atoms. The van der Waals surface area contributed by atoms with Crippen LogP contribution in [0.4, 0.5) is 0 Å². The molecule has 0 spiro atoms. The predicted octanol–water partition coefficient (Wildman–Crippen LogP) is 1.37. The van der Waals surface area contributed by atoms with Crippen molar-refractivity contribution in [2.24, 2.45) is 0 Å². The monoisotopic (exact) mass is 113 g/mol. The molecular formula is C7H15N. The molecule has 0 aromatic carbocycles. The first kappa shape index (κ1) is 7.96. The molecule has 0 aliphatic heterocycles. The van der Waals surface area contributed by atoms with Gasteiger partial charge in [-0.3, -0.25) is 0 Å². The lowest BCUT2D eigenvalue weighted by Gasteiger charge is -2.12. The third-order valence-electron chi connectivity index (χ3n) is 0.988. The molecule has 0 unspecified atom stereocenters. The highest BCUT2D eigenvalue weighted by molar-refractivity contribution is 4.67. The van der Waals surface area contributed by atoms with Gasteiger partial charge in [0.1, 0.15) is 0 Å². The molecule has 0 saturated carbocycles. The van der Waals surface area contributed by atoms with E-state index >= 15 is 0 Å². The van der Waals surface area contributed by atoms with Crippen LogP contribution in [0.5, 0.6) is 0 Å². The Morgan fingerprint density at radius 2 is 1.50 bits per heavy atom. The summed E-state index contributed by atoms with van der Waals surface area (Å²) in [5.41, 5.74) is 0. The summed E-state index contributed by atoms with van der Waals surface area (Å²) in [6.45, 7) is 6.33. The van der Waals surface area contributed by atoms with Crippen molar-refractivity contribution in [1.29, 1.82) is 0 Å². The number of hydrogen-bond acceptors (Lipinski definition) is 1. The lowest BCUT2D eigenvalue weighted by Crippen LogP contribution is -2.20. The minimum atomic E-state index is 1.09. The van der Waals surface area contributed by atoms with Crippen LogP contribution in [-0.2, 0) is 0 Å². The highest BCUT2D eigenvalue weighted by Gasteiger charge is 1.90. The lowest BCUT2D eigenvalue weighted by atomic mass is 10.4. The third kappa shape index (κ3) is 4.13. The smallest absolute Gasteiger partial charge is 0.000711 e. The van der Waals surface area contributed by atoms with Crippen molar-refractivity contribution in [3.8, 4) is 0 Å². The molecule has 48 valence electrons. The second kappa shape index (κ2) is 5.10. The van der Waals surface area contributed by atoms with Crippen molar-refractivity contribution < 1.29 is 0 Å². The molecule has 0 heterocycles. The molecule has 0 aliphatic rings. The quantitative estimate of drug-likeness (QED) is 0.532. The van der Waals surface area contributed by atoms with Crippen LogP contribution in [0.15, 0.2) is 0 Å². The minimum absolute atomic E-state index is 1.09. The zero-order chi connectivity index (χ0) is 6.41. The van der Waals surface area contributed by atoms with Crippen LogP contribution in [0.25, 0.3) is 0 Å². The fourth-order valence-electron chi connectivity index (χ4n) is 0.698. The van der Waals surface area contributed by atoms with Gasteiger partial charge in [0.25, 0.3) is 0 Å². The van der Waals surface area contributed by atoms with Crippen LogP contribution in [0.1, 0.15) is 13.8 Å². The van der Waals surface area contributed by atoms with Crippen molar-refractivity contribution in [2.45, 2.75) is 13.8 Å². The first-order chi connectivity index (χ1) is 3.81. The summed E-state index contributed by atoms with van der Waals surface area (Å²) >= 11 is 0. The van der Waals surface area contributed by atoms with Gasteiger partial charge in [0.2, 0.25) is 0 Å². The summed E-state index contributed by atoms with van der Waals surface area (Å²) in [7, 11) is 2.11. The zero-order valence-electron chi connectivity index (χ0n) is 6.02. The van der Waals surface area contributed by atoms with Gasteiger partial charge >= 0.3 is 0 Å². The summed E-state index contributed by atoms with van der Waals surface area (Å²) in [6, 6.07) is 0. The molecule has 0 bridgehead atoms. The fraction of sp³-hybridized carbons (Fsp3) is 0.714. The van der Waals surface area contributed by atoms with Crippen LogP contribution < -0.4 is 0 Å². The molecule has 0 fully saturated rings. The standard InChI is InChI=1S/C7H15N/c1-4-6-8(3)7-5-2/h4-5H,6-7H2,1-3H3. The molecule has 0 amide bonds. The van der Waals surface area contributed by atoms with E-state index in [-0.39, 0.29) is 0 Å². The SMILES string of the molecule is C[CH]CN(C)C[CH]C. The molecule has 1 heteroatoms. The first-order valence-corrected chi connectivity index (χ1v) is 3.05. The third-order valence-corrected chi connectivity index (χ3v) is 0.988. The van der Waals surface area contributed by atoms with Gasteiger partial charge in [-0.05, 0) is 19.9 Å². The van der Waals surface area contributed by atoms with Gasteiger partial charge in [0, 0.05) is 13.1 Å². The Labute approximate surface area is 52.7 Å². The van der Waals surface area contributed by atoms with Gasteiger partial charge in [-0.1, -0.05) is 13.8 Å². The van der Waals surface area contributed by atoms with Crippen molar-refractivity contribution >= 4 is 0 Å². The second-order valence-corrected chi connectivity index (χ2v) is 2.04. The van der Waals surface area contributed by atoms with Gasteiger partial charge in [0.15, 0.2) is 0 Å². The highest BCUT2D eigenvalue weighted by atomic mass is 15.1. The first-order valence-electron chi connectivity index (χ1n) is 3.05. The maximum atomic E-state index is 2.25. The van der Waals surface area contributed by atoms with Crippen molar-refractivity contribution in [2.75, 3.05) is 20.1 Å². The van der Waals surface area contributed by atoms with Gasteiger partial charge in [-0.2, -0.15) is 0 Å². The predicted molar refractivity (Wildman–Crippen MR) is 37.4 cm³/mol. The Hall–Kier alpha value is -0.0400. The molecule has 0 saturated heterocycles. The van der Waals surface area contributed by atoms with Gasteiger partial charge in [-0.15, -0.1) is 0 Å². The second-order valence-electron chi connectivity index (χ2n) is 2.04. The normalized spacial score (nSPS) is 10.5. The van der Waals surface area contributed by atoms with E-state index in [1.54, 1.807) is 0 Å². The average Bonchev–Trinajstić information content (AvgIpc) is 1.68. The molecule has 0 aliphatic carbocycles. The Morgan fingerprint density at radius 3 is 1.75 bits per heavy atom. The number of hydrogen-bond donors (Lipinski definition) is 0. The highest BCUT2D eigenvalue weighted by Crippen LogP contribution is 1.85. The minimum Gasteiger partial charge on any atom is -0.306 e. The Bertz CT molecular complexity index is 37.7. The van der Waals surface area contributed by atoms with E-state index in [0.29, 0.717) is 0 Å². The maximum Gasteiger partial charge on any atom is 0.000711 e. The molecule has 0 atom stereocenters. The zero-order valence-corrected chi connectivity index (χ0v) is 6.02. The van der Waals surface area contributed by atoms with E-state index in [1.807, 2.05) is 0 Å². The van der Waals surface area contributed by atoms with Crippen LogP contribution >= 0.6 is 0 Å². The number of nitrogens with zero attached hydrogens (tertiary/aromatic N) is 1. The molecule has 0 rings (SSSR count). The molecule has 0 aromatic rings. The van der Waals surface area contributed by atoms with Crippen molar-refractivity contribution in [3.63, 3.8) is 0 Å². The van der Waals surface area contributed by atoms with Crippen molar-refractivity contribution in [3.05, 3.63) is 12.8 Å². The van der Waals surface area contributed by atoms with E-state index in [2.05, 4.69) is 38.6 Å².